The van der Waals surface area contributed by atoms with Gasteiger partial charge >= 0.3 is 5.97 Å². The maximum Gasteiger partial charge on any atom is 0.319 e. The van der Waals surface area contributed by atoms with Crippen molar-refractivity contribution in [1.29, 1.82) is 0 Å². The Morgan fingerprint density at radius 2 is 2.12 bits per heavy atom. The van der Waals surface area contributed by atoms with Crippen molar-refractivity contribution < 1.29 is 9.53 Å². The number of aromatic nitrogens is 2. The van der Waals surface area contributed by atoms with E-state index in [2.05, 4.69) is 6.92 Å². The van der Waals surface area contributed by atoms with Crippen molar-refractivity contribution in [3.8, 4) is 5.69 Å². The van der Waals surface area contributed by atoms with Gasteiger partial charge in [-0.15, -0.1) is 11.8 Å². The molecule has 0 amide bonds. The molecule has 2 unspecified atom stereocenters. The highest BCUT2D eigenvalue weighted by Crippen LogP contribution is 2.35. The van der Waals surface area contributed by atoms with Gasteiger partial charge in [0.15, 0.2) is 5.16 Å². The SMILES string of the molecule is CCOC(=O)C(C)Sc1nc2c(c(=O)n1-c1ccc(C)cc1)SC(C)C2. The van der Waals surface area contributed by atoms with Crippen LogP contribution in [0, 0.1) is 6.92 Å². The zero-order chi connectivity index (χ0) is 18.8. The molecule has 5 nitrogen and oxygen atoms in total. The number of hydrogen-bond donors (Lipinski definition) is 0. The van der Waals surface area contributed by atoms with E-state index in [4.69, 9.17) is 9.72 Å². The quantitative estimate of drug-likeness (QED) is 0.441. The molecule has 0 radical (unpaired) electrons. The average Bonchev–Trinajstić information content (AvgIpc) is 2.97. The Balaban J connectivity index is 2.08. The van der Waals surface area contributed by atoms with E-state index in [9.17, 15) is 9.59 Å². The highest BCUT2D eigenvalue weighted by atomic mass is 32.2. The van der Waals surface area contributed by atoms with Gasteiger partial charge in [-0.1, -0.05) is 36.4 Å². The normalized spacial score (nSPS) is 17.0. The number of benzene rings is 1. The van der Waals surface area contributed by atoms with Gasteiger partial charge in [0.1, 0.15) is 5.25 Å². The minimum Gasteiger partial charge on any atom is -0.465 e. The first-order chi connectivity index (χ1) is 12.4. The summed E-state index contributed by atoms with van der Waals surface area (Å²) in [5.74, 6) is -0.301. The Morgan fingerprint density at radius 3 is 2.77 bits per heavy atom. The first-order valence-electron chi connectivity index (χ1n) is 8.63. The minimum atomic E-state index is -0.442. The minimum absolute atomic E-state index is 0.0632. The molecule has 0 fully saturated rings. The zero-order valence-electron chi connectivity index (χ0n) is 15.3. The van der Waals surface area contributed by atoms with Gasteiger partial charge in [-0.05, 0) is 32.9 Å². The van der Waals surface area contributed by atoms with Crippen LogP contribution in [0.25, 0.3) is 5.69 Å². The maximum absolute atomic E-state index is 13.2. The van der Waals surface area contributed by atoms with Gasteiger partial charge in [-0.3, -0.25) is 14.2 Å². The highest BCUT2D eigenvalue weighted by molar-refractivity contribution is 8.00. The zero-order valence-corrected chi connectivity index (χ0v) is 16.9. The van der Waals surface area contributed by atoms with Gasteiger partial charge in [0, 0.05) is 11.7 Å². The van der Waals surface area contributed by atoms with E-state index >= 15 is 0 Å². The Kier molecular flexibility index (Phi) is 5.77. The van der Waals surface area contributed by atoms with E-state index in [1.807, 2.05) is 31.2 Å². The third-order valence-corrected chi connectivity index (χ3v) is 6.32. The van der Waals surface area contributed by atoms with E-state index < -0.39 is 5.25 Å². The largest absolute Gasteiger partial charge is 0.465 e. The lowest BCUT2D eigenvalue weighted by Gasteiger charge is -2.16. The topological polar surface area (TPSA) is 61.2 Å². The molecule has 3 rings (SSSR count). The van der Waals surface area contributed by atoms with Crippen LogP contribution in [0.1, 0.15) is 32.0 Å². The molecule has 2 heterocycles. The lowest BCUT2D eigenvalue weighted by molar-refractivity contribution is -0.142. The Hall–Kier alpha value is -1.73. The summed E-state index contributed by atoms with van der Waals surface area (Å²) in [6.07, 6.45) is 0.769. The second kappa shape index (κ2) is 7.88. The van der Waals surface area contributed by atoms with Crippen molar-refractivity contribution in [2.75, 3.05) is 6.61 Å². The number of aryl methyl sites for hydroxylation is 1. The number of carbonyl (C=O) groups is 1. The van der Waals surface area contributed by atoms with Crippen molar-refractivity contribution in [1.82, 2.24) is 9.55 Å². The number of thioether (sulfide) groups is 2. The maximum atomic E-state index is 13.2. The summed E-state index contributed by atoms with van der Waals surface area (Å²) >= 11 is 2.84. The van der Waals surface area contributed by atoms with Gasteiger partial charge in [0.25, 0.3) is 5.56 Å². The van der Waals surface area contributed by atoms with Crippen LogP contribution in [-0.4, -0.2) is 32.6 Å². The molecule has 26 heavy (non-hydrogen) atoms. The van der Waals surface area contributed by atoms with Crippen LogP contribution in [0.3, 0.4) is 0 Å². The van der Waals surface area contributed by atoms with Crippen molar-refractivity contribution in [2.45, 2.75) is 54.7 Å². The number of carbonyl (C=O) groups excluding carboxylic acids is 1. The fraction of sp³-hybridized carbons (Fsp3) is 0.421. The van der Waals surface area contributed by atoms with E-state index in [1.165, 1.54) is 11.8 Å². The Morgan fingerprint density at radius 1 is 1.42 bits per heavy atom. The predicted molar refractivity (Wildman–Crippen MR) is 106 cm³/mol. The molecule has 138 valence electrons. The van der Waals surface area contributed by atoms with Crippen LogP contribution in [0.4, 0.5) is 0 Å². The third kappa shape index (κ3) is 3.83. The molecule has 2 aromatic rings. The molecule has 0 saturated heterocycles. The number of nitrogens with zero attached hydrogens (tertiary/aromatic N) is 2. The van der Waals surface area contributed by atoms with Crippen molar-refractivity contribution in [3.05, 3.63) is 45.9 Å². The number of fused-ring (bicyclic) bond motifs is 1. The molecular weight excluding hydrogens is 368 g/mol. The summed E-state index contributed by atoms with van der Waals surface area (Å²) in [6.45, 7) is 7.99. The van der Waals surface area contributed by atoms with Crippen LogP contribution >= 0.6 is 23.5 Å². The van der Waals surface area contributed by atoms with Gasteiger partial charge < -0.3 is 4.74 Å². The predicted octanol–water partition coefficient (Wildman–Crippen LogP) is 3.62. The lowest BCUT2D eigenvalue weighted by Crippen LogP contribution is -2.26. The summed E-state index contributed by atoms with van der Waals surface area (Å²) < 4.78 is 6.71. The number of rotatable bonds is 5. The summed E-state index contributed by atoms with van der Waals surface area (Å²) in [7, 11) is 0. The second-order valence-corrected chi connectivity index (χ2v) is 9.05. The van der Waals surface area contributed by atoms with Crippen molar-refractivity contribution in [2.24, 2.45) is 0 Å². The third-order valence-electron chi connectivity index (χ3n) is 4.07. The second-order valence-electron chi connectivity index (χ2n) is 6.29. The van der Waals surface area contributed by atoms with Gasteiger partial charge in [-0.2, -0.15) is 0 Å². The molecule has 1 aliphatic heterocycles. The molecule has 1 aromatic carbocycles. The molecule has 0 spiro atoms. The molecule has 0 saturated carbocycles. The molecule has 1 aliphatic rings. The van der Waals surface area contributed by atoms with Crippen LogP contribution in [-0.2, 0) is 16.0 Å². The number of esters is 1. The molecule has 0 N–H and O–H groups in total. The first kappa shape index (κ1) is 19.0. The summed E-state index contributed by atoms with van der Waals surface area (Å²) in [5, 5.41) is 0.426. The van der Waals surface area contributed by atoms with Crippen molar-refractivity contribution >= 4 is 29.5 Å². The Bertz CT molecular complexity index is 878. The van der Waals surface area contributed by atoms with Crippen LogP contribution < -0.4 is 5.56 Å². The average molecular weight is 391 g/mol. The molecule has 2 atom stereocenters. The summed E-state index contributed by atoms with van der Waals surface area (Å²) in [4.78, 5) is 30.7. The smallest absolute Gasteiger partial charge is 0.319 e. The summed E-state index contributed by atoms with van der Waals surface area (Å²) in [5.41, 5.74) is 2.64. The lowest BCUT2D eigenvalue weighted by atomic mass is 10.2. The van der Waals surface area contributed by atoms with Gasteiger partial charge in [0.2, 0.25) is 0 Å². The first-order valence-corrected chi connectivity index (χ1v) is 10.4. The van der Waals surface area contributed by atoms with E-state index in [-0.39, 0.29) is 11.5 Å². The molecule has 7 heteroatoms. The molecule has 0 aliphatic carbocycles. The summed E-state index contributed by atoms with van der Waals surface area (Å²) in [6, 6.07) is 7.75. The molecule has 1 aromatic heterocycles. The molecule has 0 bridgehead atoms. The van der Waals surface area contributed by atoms with Crippen LogP contribution in [0.5, 0.6) is 0 Å². The van der Waals surface area contributed by atoms with Gasteiger partial charge in [-0.25, -0.2) is 4.98 Å². The van der Waals surface area contributed by atoms with Gasteiger partial charge in [0.05, 0.1) is 22.9 Å². The monoisotopic (exact) mass is 390 g/mol. The van der Waals surface area contributed by atoms with Crippen molar-refractivity contribution in [3.63, 3.8) is 0 Å². The molecular formula is C19H22N2O3S2. The van der Waals surface area contributed by atoms with E-state index in [0.29, 0.717) is 21.9 Å². The number of hydrogen-bond acceptors (Lipinski definition) is 6. The fourth-order valence-corrected chi connectivity index (χ4v) is 4.80. The van der Waals surface area contributed by atoms with Crippen LogP contribution in [0.15, 0.2) is 39.1 Å². The number of ether oxygens (including phenoxy) is 1. The fourth-order valence-electron chi connectivity index (χ4n) is 2.77. The van der Waals surface area contributed by atoms with E-state index in [0.717, 1.165) is 23.4 Å². The van der Waals surface area contributed by atoms with E-state index in [1.54, 1.807) is 30.2 Å². The standard InChI is InChI=1S/C19H22N2O3S2/c1-5-24-18(23)13(4)26-19-20-15-10-12(3)25-16(15)17(22)21(19)14-8-6-11(2)7-9-14/h6-9,12-13H,5,10H2,1-4H3. The highest BCUT2D eigenvalue weighted by Gasteiger charge is 2.28. The van der Waals surface area contributed by atoms with Crippen LogP contribution in [0.2, 0.25) is 0 Å². The Labute approximate surface area is 161 Å².